The molecule has 0 aliphatic rings. The van der Waals surface area contributed by atoms with E-state index < -0.39 is 4.87 Å². The fraction of sp³-hybridized carbons (Fsp3) is 0.417. The Labute approximate surface area is 202 Å². The molecule has 0 saturated heterocycles. The molecule has 0 radical (unpaired) electrons. The van der Waals surface area contributed by atoms with Gasteiger partial charge < -0.3 is 0 Å². The first kappa shape index (κ1) is 29.6. The summed E-state index contributed by atoms with van der Waals surface area (Å²) in [5.74, 6) is 1.44. The fourth-order valence-electron chi connectivity index (χ4n) is 2.17. The molecule has 0 N–H and O–H groups in total. The second-order valence-electron chi connectivity index (χ2n) is 7.01. The first-order valence-electron chi connectivity index (χ1n) is 9.57. The maximum Gasteiger partial charge on any atom is 0.187 e. The predicted molar refractivity (Wildman–Crippen MR) is 137 cm³/mol. The van der Waals surface area contributed by atoms with Gasteiger partial charge >= 0.3 is 0 Å². The van der Waals surface area contributed by atoms with Crippen molar-refractivity contribution in [2.45, 2.75) is 71.7 Å². The van der Waals surface area contributed by atoms with Crippen molar-refractivity contribution >= 4 is 28.9 Å². The van der Waals surface area contributed by atoms with E-state index >= 15 is 0 Å². The lowest BCUT2D eigenvalue weighted by Crippen LogP contribution is -2.28. The predicted octanol–water partition coefficient (Wildman–Crippen LogP) is 6.69. The van der Waals surface area contributed by atoms with Crippen molar-refractivity contribution in [3.05, 3.63) is 72.1 Å². The zero-order valence-corrected chi connectivity index (χ0v) is 19.7. The smallest absolute Gasteiger partial charge is 0.187 e. The Balaban J connectivity index is 0.000000639. The van der Waals surface area contributed by atoms with Crippen molar-refractivity contribution in [3.63, 3.8) is 0 Å². The average molecular weight is 475 g/mol. The molecule has 0 aliphatic heterocycles. The van der Waals surface area contributed by atoms with Gasteiger partial charge in [-0.25, -0.2) is 29.9 Å². The summed E-state index contributed by atoms with van der Waals surface area (Å²) >= 11 is 8.13. The molecule has 2 atom stereocenters. The van der Waals surface area contributed by atoms with Gasteiger partial charge in [0.2, 0.25) is 0 Å². The van der Waals surface area contributed by atoms with Gasteiger partial charge in [0.15, 0.2) is 11.0 Å². The fourth-order valence-corrected chi connectivity index (χ4v) is 3.28. The number of nitrogens with zero attached hydrogens (tertiary/aromatic N) is 6. The molecule has 8 heteroatoms. The van der Waals surface area contributed by atoms with E-state index in [1.54, 1.807) is 30.9 Å². The van der Waals surface area contributed by atoms with Crippen LogP contribution >= 0.6 is 23.4 Å². The number of thioether (sulfide) groups is 1. The lowest BCUT2D eigenvalue weighted by atomic mass is 10.1. The Morgan fingerprint density at radius 2 is 1.41 bits per heavy atom. The molecule has 0 amide bonds. The summed E-state index contributed by atoms with van der Waals surface area (Å²) in [6.07, 6.45) is 12.7. The zero-order valence-electron chi connectivity index (χ0n) is 18.2. The Bertz CT molecular complexity index is 944. The number of halogens is 1. The van der Waals surface area contributed by atoms with Crippen LogP contribution in [0.2, 0.25) is 0 Å². The molecule has 2 unspecified atom stereocenters. The highest BCUT2D eigenvalue weighted by Gasteiger charge is 2.35. The molecule has 3 rings (SSSR count). The van der Waals surface area contributed by atoms with E-state index in [4.69, 9.17) is 11.6 Å². The maximum atomic E-state index is 6.61. The van der Waals surface area contributed by atoms with Crippen LogP contribution in [0, 0.1) is 13.8 Å². The normalized spacial score (nSPS) is 13.4. The van der Waals surface area contributed by atoms with Gasteiger partial charge in [0.25, 0.3) is 0 Å². The minimum Gasteiger partial charge on any atom is -0.239 e. The lowest BCUT2D eigenvalue weighted by molar-refractivity contribution is 0.615. The van der Waals surface area contributed by atoms with Crippen molar-refractivity contribution in [2.75, 3.05) is 0 Å². The first-order chi connectivity index (χ1) is 14.2. The summed E-state index contributed by atoms with van der Waals surface area (Å²) in [4.78, 5) is 24.7. The SMILES string of the molecule is C.C.C/C=C(\C)c1ncc(C)cn1.Cc1cnc(C(C)(Cl)C(C)Sc2ncccn2)nc1. The van der Waals surface area contributed by atoms with E-state index in [1.807, 2.05) is 60.0 Å². The third-order valence-corrected chi connectivity index (χ3v) is 6.24. The highest BCUT2D eigenvalue weighted by Crippen LogP contribution is 2.38. The summed E-state index contributed by atoms with van der Waals surface area (Å²) in [7, 11) is 0. The molecule has 3 aromatic heterocycles. The van der Waals surface area contributed by atoms with Crippen molar-refractivity contribution < 1.29 is 0 Å². The van der Waals surface area contributed by atoms with Crippen LogP contribution in [0.15, 0.2) is 54.5 Å². The van der Waals surface area contributed by atoms with E-state index in [9.17, 15) is 0 Å². The summed E-state index contributed by atoms with van der Waals surface area (Å²) in [5, 5.41) is 0.744. The van der Waals surface area contributed by atoms with Crippen LogP contribution in [0.25, 0.3) is 5.57 Å². The van der Waals surface area contributed by atoms with Crippen LogP contribution in [0.5, 0.6) is 0 Å². The molecule has 174 valence electrons. The lowest BCUT2D eigenvalue weighted by Gasteiger charge is -2.26. The number of aromatic nitrogens is 6. The third-order valence-electron chi connectivity index (χ3n) is 4.37. The van der Waals surface area contributed by atoms with Gasteiger partial charge in [0.1, 0.15) is 10.7 Å². The van der Waals surface area contributed by atoms with Crippen LogP contribution in [0.3, 0.4) is 0 Å². The van der Waals surface area contributed by atoms with Crippen molar-refractivity contribution in [1.29, 1.82) is 0 Å². The number of allylic oxidation sites excluding steroid dienone is 2. The zero-order chi connectivity index (χ0) is 22.1. The van der Waals surface area contributed by atoms with Gasteiger partial charge in [-0.05, 0) is 57.4 Å². The summed E-state index contributed by atoms with van der Waals surface area (Å²) in [6, 6.07) is 1.79. The van der Waals surface area contributed by atoms with Gasteiger partial charge in [-0.2, -0.15) is 0 Å². The summed E-state index contributed by atoms with van der Waals surface area (Å²) < 4.78 is 0. The second-order valence-corrected chi connectivity index (χ2v) is 9.10. The molecule has 0 fully saturated rings. The van der Waals surface area contributed by atoms with Gasteiger partial charge in [-0.3, -0.25) is 0 Å². The number of hydrogen-bond acceptors (Lipinski definition) is 7. The molecule has 0 bridgehead atoms. The van der Waals surface area contributed by atoms with Crippen LogP contribution in [-0.2, 0) is 4.87 Å². The largest absolute Gasteiger partial charge is 0.239 e. The number of alkyl halides is 1. The van der Waals surface area contributed by atoms with Gasteiger partial charge in [0.05, 0.1) is 0 Å². The van der Waals surface area contributed by atoms with Crippen molar-refractivity contribution in [2.24, 2.45) is 0 Å². The van der Waals surface area contributed by atoms with Crippen molar-refractivity contribution in [3.8, 4) is 0 Å². The summed E-state index contributed by atoms with van der Waals surface area (Å²) in [6.45, 7) is 11.9. The molecule has 6 nitrogen and oxygen atoms in total. The Hall–Kier alpha value is -2.38. The standard InChI is InChI=1S/C13H15ClN4S.C9H12N2.2CH4/c1-9-7-17-11(18-8-9)13(3,14)10(2)19-12-15-5-4-6-16-12;1-4-8(3)9-10-5-7(2)6-11-9;;/h4-8,10H,1-3H3;4-6H,1-3H3;2*1H4/b;8-4+;;. The van der Waals surface area contributed by atoms with E-state index in [0.717, 1.165) is 22.5 Å². The number of rotatable bonds is 5. The Morgan fingerprint density at radius 1 is 0.938 bits per heavy atom. The van der Waals surface area contributed by atoms with Crippen LogP contribution in [0.1, 0.15) is 65.3 Å². The van der Waals surface area contributed by atoms with E-state index in [2.05, 4.69) is 29.9 Å². The molecule has 3 heterocycles. The van der Waals surface area contributed by atoms with Crippen LogP contribution in [-0.4, -0.2) is 35.2 Å². The third kappa shape index (κ3) is 8.63. The average Bonchev–Trinajstić information content (AvgIpc) is 2.75. The highest BCUT2D eigenvalue weighted by molar-refractivity contribution is 7.99. The quantitative estimate of drug-likeness (QED) is 0.231. The van der Waals surface area contributed by atoms with Crippen LogP contribution < -0.4 is 0 Å². The molecule has 32 heavy (non-hydrogen) atoms. The summed E-state index contributed by atoms with van der Waals surface area (Å²) in [5.41, 5.74) is 3.23. The Kier molecular flexibility index (Phi) is 12.9. The van der Waals surface area contributed by atoms with E-state index in [1.165, 1.54) is 11.8 Å². The number of aryl methyl sites for hydroxylation is 2. The van der Waals surface area contributed by atoms with E-state index in [0.29, 0.717) is 11.0 Å². The molecular weight excluding hydrogens is 440 g/mol. The first-order valence-corrected chi connectivity index (χ1v) is 10.8. The van der Waals surface area contributed by atoms with Crippen LogP contribution in [0.4, 0.5) is 0 Å². The molecule has 0 aromatic carbocycles. The number of hydrogen-bond donors (Lipinski definition) is 0. The monoisotopic (exact) mass is 474 g/mol. The van der Waals surface area contributed by atoms with Gasteiger partial charge in [-0.15, -0.1) is 11.6 Å². The molecule has 0 aliphatic carbocycles. The molecular formula is C24H35ClN6S. The topological polar surface area (TPSA) is 77.3 Å². The molecule has 3 aromatic rings. The molecule has 0 spiro atoms. The van der Waals surface area contributed by atoms with Gasteiger partial charge in [0, 0.05) is 42.4 Å². The van der Waals surface area contributed by atoms with Gasteiger partial charge in [-0.1, -0.05) is 39.6 Å². The minimum atomic E-state index is -0.669. The molecule has 0 saturated carbocycles. The highest BCUT2D eigenvalue weighted by atomic mass is 35.5. The Morgan fingerprint density at radius 3 is 1.88 bits per heavy atom. The minimum absolute atomic E-state index is 0. The van der Waals surface area contributed by atoms with E-state index in [-0.39, 0.29) is 20.1 Å². The maximum absolute atomic E-state index is 6.61. The van der Waals surface area contributed by atoms with Crippen molar-refractivity contribution in [1.82, 2.24) is 29.9 Å². The second kappa shape index (κ2) is 13.9.